The summed E-state index contributed by atoms with van der Waals surface area (Å²) in [6.45, 7) is 3.01. The molecule has 1 aromatic carbocycles. The number of rotatable bonds is 8. The molecule has 4 amide bonds. The van der Waals surface area contributed by atoms with Crippen LogP contribution in [0, 0.1) is 0 Å². The predicted molar refractivity (Wildman–Crippen MR) is 133 cm³/mol. The van der Waals surface area contributed by atoms with Gasteiger partial charge in [-0.2, -0.15) is 0 Å². The van der Waals surface area contributed by atoms with Crippen LogP contribution < -0.4 is 20.7 Å². The third-order valence-electron chi connectivity index (χ3n) is 5.47. The molecule has 196 valence electrons. The quantitative estimate of drug-likeness (QED) is 0.388. The van der Waals surface area contributed by atoms with Crippen molar-refractivity contribution in [3.8, 4) is 5.75 Å². The lowest BCUT2D eigenvalue weighted by Crippen LogP contribution is -2.34. The maximum absolute atomic E-state index is 11.8. The molecule has 4 rings (SSSR count). The van der Waals surface area contributed by atoms with E-state index in [4.69, 9.17) is 13.9 Å². The number of furan rings is 1. The van der Waals surface area contributed by atoms with E-state index in [1.54, 1.807) is 50.4 Å². The minimum absolute atomic E-state index is 0.0380. The van der Waals surface area contributed by atoms with Crippen molar-refractivity contribution in [3.05, 3.63) is 59.0 Å². The highest BCUT2D eigenvalue weighted by Crippen LogP contribution is 2.25. The molecule has 1 aliphatic heterocycles. The summed E-state index contributed by atoms with van der Waals surface area (Å²) >= 11 is 0. The molecule has 2 aromatic heterocycles. The lowest BCUT2D eigenvalue weighted by molar-refractivity contribution is -0.125. The summed E-state index contributed by atoms with van der Waals surface area (Å²) in [6.07, 6.45) is 1.45. The number of aromatic nitrogens is 1. The third-order valence-corrected chi connectivity index (χ3v) is 5.47. The molecule has 3 heterocycles. The number of likely N-dealkylation sites (N-methyl/N-ethyl adjacent to an activating group) is 1. The van der Waals surface area contributed by atoms with E-state index in [9.17, 15) is 19.2 Å². The highest BCUT2D eigenvalue weighted by atomic mass is 16.5. The van der Waals surface area contributed by atoms with Gasteiger partial charge in [-0.05, 0) is 30.7 Å². The van der Waals surface area contributed by atoms with Crippen molar-refractivity contribution in [1.29, 1.82) is 0 Å². The molecule has 0 aliphatic carbocycles. The van der Waals surface area contributed by atoms with Crippen molar-refractivity contribution < 1.29 is 33.1 Å². The normalized spacial score (nSPS) is 12.6. The average molecular weight is 512 g/mol. The van der Waals surface area contributed by atoms with Gasteiger partial charge >= 0.3 is 6.09 Å². The molecule has 0 saturated heterocycles. The van der Waals surface area contributed by atoms with E-state index >= 15 is 0 Å². The van der Waals surface area contributed by atoms with Crippen molar-refractivity contribution in [2.45, 2.75) is 26.1 Å². The van der Waals surface area contributed by atoms with Crippen molar-refractivity contribution in [2.75, 3.05) is 27.7 Å². The molecule has 0 bridgehead atoms. The monoisotopic (exact) mass is 511 g/mol. The molecular formula is C25H29N5O7. The van der Waals surface area contributed by atoms with Crippen molar-refractivity contribution >= 4 is 35.4 Å². The largest absolute Gasteiger partial charge is 0.497 e. The average Bonchev–Trinajstić information content (AvgIpc) is 3.45. The van der Waals surface area contributed by atoms with E-state index in [-0.39, 0.29) is 18.3 Å². The highest BCUT2D eigenvalue weighted by molar-refractivity contribution is 5.98. The summed E-state index contributed by atoms with van der Waals surface area (Å²) in [7, 11) is 4.86. The van der Waals surface area contributed by atoms with Crippen LogP contribution in [-0.2, 0) is 27.5 Å². The van der Waals surface area contributed by atoms with Crippen LogP contribution in [0.2, 0.25) is 0 Å². The van der Waals surface area contributed by atoms with Crippen LogP contribution in [0.3, 0.4) is 0 Å². The Labute approximate surface area is 213 Å². The zero-order valence-electron chi connectivity index (χ0n) is 21.0. The number of hydrogen-bond acceptors (Lipinski definition) is 8. The molecule has 0 spiro atoms. The number of carbonyl (C=O) groups is 4. The Morgan fingerprint density at radius 1 is 1.27 bits per heavy atom. The molecule has 1 unspecified atom stereocenters. The van der Waals surface area contributed by atoms with Gasteiger partial charge in [0.15, 0.2) is 11.6 Å². The Bertz CT molecular complexity index is 1290. The first-order valence-corrected chi connectivity index (χ1v) is 11.4. The predicted octanol–water partition coefficient (Wildman–Crippen LogP) is 1.89. The van der Waals surface area contributed by atoms with E-state index in [0.29, 0.717) is 36.2 Å². The van der Waals surface area contributed by atoms with Crippen LogP contribution >= 0.6 is 0 Å². The van der Waals surface area contributed by atoms with Gasteiger partial charge in [0.05, 0.1) is 7.11 Å². The van der Waals surface area contributed by atoms with Gasteiger partial charge in [-0.3, -0.25) is 19.4 Å². The number of pyridine rings is 1. The van der Waals surface area contributed by atoms with E-state index < -0.39 is 18.0 Å². The fourth-order valence-corrected chi connectivity index (χ4v) is 3.59. The molecular weight excluding hydrogens is 482 g/mol. The molecule has 0 saturated carbocycles. The SMILES string of the molecule is CCNC(=O)OCc1cnc2cc(C(NC=O)C(=O)NC)oc2c1.COc1ccc2c(c1)C(=O)N(C)C2. The fourth-order valence-electron chi connectivity index (χ4n) is 3.59. The van der Waals surface area contributed by atoms with Gasteiger partial charge in [0.1, 0.15) is 23.6 Å². The second kappa shape index (κ2) is 12.4. The van der Waals surface area contributed by atoms with Gasteiger partial charge < -0.3 is 34.7 Å². The van der Waals surface area contributed by atoms with Crippen molar-refractivity contribution in [2.24, 2.45) is 0 Å². The van der Waals surface area contributed by atoms with Gasteiger partial charge in [-0.15, -0.1) is 0 Å². The minimum Gasteiger partial charge on any atom is -0.497 e. The Morgan fingerprint density at radius 3 is 2.73 bits per heavy atom. The number of ether oxygens (including phenoxy) is 2. The highest BCUT2D eigenvalue weighted by Gasteiger charge is 2.25. The molecule has 37 heavy (non-hydrogen) atoms. The molecule has 3 N–H and O–H groups in total. The summed E-state index contributed by atoms with van der Waals surface area (Å²) < 4.78 is 15.7. The van der Waals surface area contributed by atoms with Crippen LogP contribution in [0.5, 0.6) is 5.75 Å². The number of alkyl carbamates (subject to hydrolysis) is 1. The number of methoxy groups -OCH3 is 1. The number of fused-ring (bicyclic) bond motifs is 2. The fraction of sp³-hybridized carbons (Fsp3) is 0.320. The summed E-state index contributed by atoms with van der Waals surface area (Å²) in [4.78, 5) is 51.2. The summed E-state index contributed by atoms with van der Waals surface area (Å²) in [5.74, 6) is 0.656. The van der Waals surface area contributed by atoms with Crippen LogP contribution in [0.4, 0.5) is 4.79 Å². The van der Waals surface area contributed by atoms with Crippen LogP contribution in [0.1, 0.15) is 40.2 Å². The zero-order chi connectivity index (χ0) is 26.9. The van der Waals surface area contributed by atoms with Crippen molar-refractivity contribution in [3.63, 3.8) is 0 Å². The second-order valence-corrected chi connectivity index (χ2v) is 8.00. The van der Waals surface area contributed by atoms with Gasteiger partial charge in [0.2, 0.25) is 12.3 Å². The topological polar surface area (TPSA) is 152 Å². The molecule has 0 radical (unpaired) electrons. The lowest BCUT2D eigenvalue weighted by atomic mass is 10.1. The maximum Gasteiger partial charge on any atom is 0.407 e. The lowest BCUT2D eigenvalue weighted by Gasteiger charge is -2.10. The van der Waals surface area contributed by atoms with Gasteiger partial charge in [-0.1, -0.05) is 6.07 Å². The van der Waals surface area contributed by atoms with Crippen LogP contribution in [0.15, 0.2) is 40.9 Å². The molecule has 12 nitrogen and oxygen atoms in total. The van der Waals surface area contributed by atoms with Crippen molar-refractivity contribution in [1.82, 2.24) is 25.8 Å². The number of carbonyl (C=O) groups excluding carboxylic acids is 4. The molecule has 0 fully saturated rings. The number of benzene rings is 1. The van der Waals surface area contributed by atoms with Gasteiger partial charge in [0, 0.05) is 50.6 Å². The van der Waals surface area contributed by atoms with E-state index in [2.05, 4.69) is 20.9 Å². The minimum atomic E-state index is -0.947. The Hall–Kier alpha value is -4.61. The number of hydrogen-bond donors (Lipinski definition) is 3. The van der Waals surface area contributed by atoms with Crippen LogP contribution in [0.25, 0.3) is 11.1 Å². The zero-order valence-corrected chi connectivity index (χ0v) is 21.0. The van der Waals surface area contributed by atoms with Gasteiger partial charge in [-0.25, -0.2) is 4.79 Å². The maximum atomic E-state index is 11.8. The summed E-state index contributed by atoms with van der Waals surface area (Å²) in [6, 6.07) is 7.89. The van der Waals surface area contributed by atoms with E-state index in [0.717, 1.165) is 16.9 Å². The Balaban J connectivity index is 0.000000244. The van der Waals surface area contributed by atoms with Crippen LogP contribution in [-0.4, -0.2) is 62.0 Å². The number of amides is 4. The Morgan fingerprint density at radius 2 is 2.05 bits per heavy atom. The van der Waals surface area contributed by atoms with Gasteiger partial charge in [0.25, 0.3) is 5.91 Å². The second-order valence-electron chi connectivity index (χ2n) is 8.00. The standard InChI is InChI=1S/C15H18N4O5.C10H11NO2/c1-3-17-15(22)23-7-9-4-11-10(18-6-9)5-12(24-11)13(19-8-20)14(21)16-2;1-11-6-7-3-4-8(13-2)5-9(7)10(11)12/h4-6,8,13H,3,7H2,1-2H3,(H,16,21)(H,17,22)(H,19,20);3-5H,6H2,1-2H3. The molecule has 12 heteroatoms. The van der Waals surface area contributed by atoms with E-state index in [1.807, 2.05) is 12.1 Å². The first kappa shape index (κ1) is 27.0. The molecule has 1 atom stereocenters. The summed E-state index contributed by atoms with van der Waals surface area (Å²) in [5, 5.41) is 7.35. The summed E-state index contributed by atoms with van der Waals surface area (Å²) in [5.41, 5.74) is 3.42. The number of nitrogens with one attached hydrogen (secondary N) is 3. The molecule has 1 aliphatic rings. The Kier molecular flexibility index (Phi) is 9.03. The molecule has 3 aromatic rings. The number of nitrogens with zero attached hydrogens (tertiary/aromatic N) is 2. The smallest absolute Gasteiger partial charge is 0.407 e. The first-order valence-electron chi connectivity index (χ1n) is 11.4. The van der Waals surface area contributed by atoms with E-state index in [1.165, 1.54) is 7.05 Å². The first-order chi connectivity index (χ1) is 17.8. The third kappa shape index (κ3) is 6.54.